The molecule has 0 aromatic heterocycles. The van der Waals surface area contributed by atoms with E-state index in [-0.39, 0.29) is 11.1 Å². The minimum absolute atomic E-state index is 0.147. The first kappa shape index (κ1) is 29.8. The fourth-order valence-electron chi connectivity index (χ4n) is 5.70. The molecule has 0 saturated carbocycles. The molecule has 0 amide bonds. The van der Waals surface area contributed by atoms with E-state index < -0.39 is 23.3 Å². The summed E-state index contributed by atoms with van der Waals surface area (Å²) in [4.78, 5) is 0. The molecule has 1 atom stereocenters. The summed E-state index contributed by atoms with van der Waals surface area (Å²) in [6.07, 6.45) is 15.6. The second-order valence-electron chi connectivity index (χ2n) is 11.0. The second kappa shape index (κ2) is 14.5. The van der Waals surface area contributed by atoms with E-state index in [2.05, 4.69) is 13.5 Å². The number of aryl methyl sites for hydroxylation is 1. The summed E-state index contributed by atoms with van der Waals surface area (Å²) in [5, 5.41) is 0. The molecule has 0 aliphatic heterocycles. The number of allylic oxidation sites excluding steroid dienone is 3. The van der Waals surface area contributed by atoms with Crippen molar-refractivity contribution in [1.82, 2.24) is 0 Å². The highest BCUT2D eigenvalue weighted by Gasteiger charge is 2.21. The maximum absolute atomic E-state index is 15.2. The first-order valence-corrected chi connectivity index (χ1v) is 14.8. The molecule has 3 aromatic rings. The van der Waals surface area contributed by atoms with Gasteiger partial charge in [-0.15, -0.1) is 6.58 Å². The summed E-state index contributed by atoms with van der Waals surface area (Å²) in [6.45, 7) is 5.94. The lowest BCUT2D eigenvalue weighted by Crippen LogP contribution is -2.07. The normalized spacial score (nSPS) is 15.2. The highest BCUT2D eigenvalue weighted by molar-refractivity contribution is 5.74. The largest absolute Gasteiger partial charge is 0.203 e. The molecule has 4 rings (SSSR count). The van der Waals surface area contributed by atoms with Gasteiger partial charge in [-0.05, 0) is 73.1 Å². The lowest BCUT2D eigenvalue weighted by atomic mass is 9.83. The van der Waals surface area contributed by atoms with Crippen LogP contribution in [0.2, 0.25) is 0 Å². The average molecular weight is 549 g/mol. The predicted octanol–water partition coefficient (Wildman–Crippen LogP) is 11.6. The number of rotatable bonds is 13. The van der Waals surface area contributed by atoms with E-state index in [1.54, 1.807) is 48.5 Å². The van der Waals surface area contributed by atoms with E-state index in [0.717, 1.165) is 56.9 Å². The number of hydrogen-bond acceptors (Lipinski definition) is 0. The lowest BCUT2D eigenvalue weighted by Gasteiger charge is -2.22. The van der Waals surface area contributed by atoms with Gasteiger partial charge in [0, 0.05) is 16.7 Å². The smallest absolute Gasteiger partial charge is 0.167 e. The SMILES string of the molecule is C=CCCC1CC=C(c2ccc(-c3ccc(-c4ccc(CCCCCCCC)c(F)c4F)cc3)c(F)c2F)CC1. The number of benzene rings is 3. The van der Waals surface area contributed by atoms with Crippen LogP contribution in [0.25, 0.3) is 27.8 Å². The van der Waals surface area contributed by atoms with Crippen molar-refractivity contribution in [3.63, 3.8) is 0 Å². The summed E-state index contributed by atoms with van der Waals surface area (Å²) < 4.78 is 60.1. The maximum Gasteiger partial charge on any atom is 0.167 e. The number of hydrogen-bond donors (Lipinski definition) is 0. The monoisotopic (exact) mass is 548 g/mol. The minimum Gasteiger partial charge on any atom is -0.203 e. The molecule has 0 nitrogen and oxygen atoms in total. The quantitative estimate of drug-likeness (QED) is 0.113. The lowest BCUT2D eigenvalue weighted by molar-refractivity contribution is 0.452. The molecule has 0 N–H and O–H groups in total. The summed E-state index contributed by atoms with van der Waals surface area (Å²) >= 11 is 0. The van der Waals surface area contributed by atoms with E-state index in [1.807, 2.05) is 12.2 Å². The van der Waals surface area contributed by atoms with E-state index in [9.17, 15) is 8.78 Å². The van der Waals surface area contributed by atoms with E-state index in [0.29, 0.717) is 34.6 Å². The predicted molar refractivity (Wildman–Crippen MR) is 159 cm³/mol. The molecule has 0 radical (unpaired) electrons. The first-order valence-electron chi connectivity index (χ1n) is 14.8. The third kappa shape index (κ3) is 7.13. The van der Waals surface area contributed by atoms with Crippen LogP contribution in [0.1, 0.15) is 88.7 Å². The van der Waals surface area contributed by atoms with Crippen molar-refractivity contribution in [3.8, 4) is 22.3 Å². The standard InChI is InChI=1S/C36H40F4/c1-3-5-7-8-9-10-12-29-21-22-30(34(38)33(29)37)27-17-19-28(20-18-27)32-24-23-31(35(39)36(32)40)26-15-13-25(14-16-26)11-6-4-2/h4,15,17-25H,2-3,5-14,16H2,1H3. The van der Waals surface area contributed by atoms with Crippen LogP contribution in [0.15, 0.2) is 67.3 Å². The second-order valence-corrected chi connectivity index (χ2v) is 11.0. The van der Waals surface area contributed by atoms with Gasteiger partial charge < -0.3 is 0 Å². The van der Waals surface area contributed by atoms with Crippen molar-refractivity contribution < 1.29 is 17.6 Å². The third-order valence-electron chi connectivity index (χ3n) is 8.20. The fraction of sp³-hybridized carbons (Fsp3) is 0.389. The summed E-state index contributed by atoms with van der Waals surface area (Å²) in [7, 11) is 0. The zero-order chi connectivity index (χ0) is 28.5. The van der Waals surface area contributed by atoms with Gasteiger partial charge in [0.25, 0.3) is 0 Å². The van der Waals surface area contributed by atoms with Gasteiger partial charge in [0.05, 0.1) is 0 Å². The van der Waals surface area contributed by atoms with Crippen LogP contribution in [-0.4, -0.2) is 0 Å². The summed E-state index contributed by atoms with van der Waals surface area (Å²) in [6, 6.07) is 13.0. The Kier molecular flexibility index (Phi) is 10.8. The average Bonchev–Trinajstić information content (AvgIpc) is 2.98. The number of unbranched alkanes of at least 4 members (excludes halogenated alkanes) is 5. The first-order chi connectivity index (χ1) is 19.4. The zero-order valence-corrected chi connectivity index (χ0v) is 23.6. The molecule has 0 fully saturated rings. The van der Waals surface area contributed by atoms with Crippen molar-refractivity contribution in [2.75, 3.05) is 0 Å². The van der Waals surface area contributed by atoms with Crippen molar-refractivity contribution in [2.45, 2.75) is 84.0 Å². The molecule has 212 valence electrons. The Bertz CT molecular complexity index is 1320. The van der Waals surface area contributed by atoms with Crippen molar-refractivity contribution in [1.29, 1.82) is 0 Å². The molecule has 40 heavy (non-hydrogen) atoms. The maximum atomic E-state index is 15.2. The highest BCUT2D eigenvalue weighted by atomic mass is 19.2. The van der Waals surface area contributed by atoms with Crippen LogP contribution < -0.4 is 0 Å². The molecule has 0 bridgehead atoms. The Morgan fingerprint density at radius 1 is 0.725 bits per heavy atom. The van der Waals surface area contributed by atoms with Gasteiger partial charge in [-0.25, -0.2) is 17.6 Å². The number of halogens is 4. The topological polar surface area (TPSA) is 0 Å². The van der Waals surface area contributed by atoms with Crippen molar-refractivity contribution in [3.05, 3.63) is 102 Å². The van der Waals surface area contributed by atoms with Crippen LogP contribution in [0.3, 0.4) is 0 Å². The van der Waals surface area contributed by atoms with E-state index in [4.69, 9.17) is 0 Å². The minimum atomic E-state index is -0.892. The molecule has 0 heterocycles. The van der Waals surface area contributed by atoms with Gasteiger partial charge in [0.15, 0.2) is 23.3 Å². The summed E-state index contributed by atoms with van der Waals surface area (Å²) in [5.41, 5.74) is 2.84. The molecule has 3 aromatic carbocycles. The molecular weight excluding hydrogens is 508 g/mol. The Hall–Kier alpha value is -3.14. The summed E-state index contributed by atoms with van der Waals surface area (Å²) in [5.74, 6) is -2.85. The van der Waals surface area contributed by atoms with Gasteiger partial charge >= 0.3 is 0 Å². The van der Waals surface area contributed by atoms with Crippen LogP contribution >= 0.6 is 0 Å². The van der Waals surface area contributed by atoms with Crippen LogP contribution in [0, 0.1) is 29.2 Å². The Labute approximate surface area is 236 Å². The molecule has 1 aliphatic carbocycles. The third-order valence-corrected chi connectivity index (χ3v) is 8.20. The Morgan fingerprint density at radius 2 is 1.30 bits per heavy atom. The fourth-order valence-corrected chi connectivity index (χ4v) is 5.70. The van der Waals surface area contributed by atoms with Crippen LogP contribution in [-0.2, 0) is 6.42 Å². The van der Waals surface area contributed by atoms with Gasteiger partial charge in [0.2, 0.25) is 0 Å². The van der Waals surface area contributed by atoms with Gasteiger partial charge in [-0.3, -0.25) is 0 Å². The molecule has 4 heteroatoms. The molecule has 1 unspecified atom stereocenters. The van der Waals surface area contributed by atoms with E-state index in [1.165, 1.54) is 19.3 Å². The molecule has 1 aliphatic rings. The van der Waals surface area contributed by atoms with E-state index >= 15 is 8.78 Å². The van der Waals surface area contributed by atoms with Gasteiger partial charge in [-0.2, -0.15) is 0 Å². The molecular formula is C36H40F4. The van der Waals surface area contributed by atoms with Gasteiger partial charge in [-0.1, -0.05) is 99.7 Å². The van der Waals surface area contributed by atoms with Crippen LogP contribution in [0.4, 0.5) is 17.6 Å². The zero-order valence-electron chi connectivity index (χ0n) is 23.6. The molecule has 0 spiro atoms. The van der Waals surface area contributed by atoms with Crippen molar-refractivity contribution >= 4 is 5.57 Å². The molecule has 0 saturated heterocycles. The highest BCUT2D eigenvalue weighted by Crippen LogP contribution is 2.37. The Morgan fingerprint density at radius 3 is 1.93 bits per heavy atom. The van der Waals surface area contributed by atoms with Crippen LogP contribution in [0.5, 0.6) is 0 Å². The Balaban J connectivity index is 1.46. The van der Waals surface area contributed by atoms with Gasteiger partial charge in [0.1, 0.15) is 0 Å². The van der Waals surface area contributed by atoms with Crippen molar-refractivity contribution in [2.24, 2.45) is 5.92 Å².